The second kappa shape index (κ2) is 3.34. The molecule has 0 aromatic carbocycles. The maximum absolute atomic E-state index is 10.9. The molecule has 0 bridgehead atoms. The van der Waals surface area contributed by atoms with Crippen LogP contribution in [0.1, 0.15) is 0 Å². The number of rotatable bonds is 0. The number of aromatic nitrogens is 1. The predicted molar refractivity (Wildman–Crippen MR) is 47.9 cm³/mol. The van der Waals surface area contributed by atoms with Gasteiger partial charge in [0.2, 0.25) is 0 Å². The Morgan fingerprint density at radius 2 is 1.50 bits per heavy atom. The van der Waals surface area contributed by atoms with Crippen LogP contribution in [-0.4, -0.2) is 9.94 Å². The third-order valence-electron chi connectivity index (χ3n) is 1.13. The highest BCUT2D eigenvalue weighted by atomic mass is 35.5. The number of halogens is 4. The van der Waals surface area contributed by atoms with Crippen molar-refractivity contribution in [3.63, 3.8) is 0 Å². The Kier molecular flexibility index (Phi) is 2.78. The molecule has 7 heteroatoms. The van der Waals surface area contributed by atoms with Gasteiger partial charge in [-0.2, -0.15) is 0 Å². The first-order valence-corrected chi connectivity index (χ1v) is 4.12. The van der Waals surface area contributed by atoms with Crippen LogP contribution in [0.2, 0.25) is 20.2 Å². The van der Waals surface area contributed by atoms with Crippen molar-refractivity contribution < 1.29 is 5.21 Å². The summed E-state index contributed by atoms with van der Waals surface area (Å²) in [6.07, 6.45) is 0. The van der Waals surface area contributed by atoms with Crippen LogP contribution in [0.5, 0.6) is 0 Å². The van der Waals surface area contributed by atoms with Gasteiger partial charge in [-0.25, -0.2) is 0 Å². The maximum Gasteiger partial charge on any atom is 0.304 e. The molecule has 12 heavy (non-hydrogen) atoms. The lowest BCUT2D eigenvalue weighted by molar-refractivity contribution is 0.176. The third-order valence-corrected chi connectivity index (χ3v) is 2.87. The van der Waals surface area contributed by atoms with Gasteiger partial charge in [0.1, 0.15) is 5.02 Å². The Bertz CT molecular complexity index is 354. The molecule has 0 radical (unpaired) electrons. The van der Waals surface area contributed by atoms with E-state index in [2.05, 4.69) is 0 Å². The molecule has 0 aliphatic carbocycles. The summed E-state index contributed by atoms with van der Waals surface area (Å²) < 4.78 is 0.123. The van der Waals surface area contributed by atoms with E-state index in [1.165, 1.54) is 0 Å². The van der Waals surface area contributed by atoms with Gasteiger partial charge in [-0.3, -0.25) is 4.79 Å². The molecule has 0 saturated heterocycles. The molecule has 1 heterocycles. The summed E-state index contributed by atoms with van der Waals surface area (Å²) in [5, 5.41) is 7.88. The van der Waals surface area contributed by atoms with Gasteiger partial charge in [-0.05, 0) is 0 Å². The SMILES string of the molecule is O=c1c(Cl)c(Cl)c(Cl)c(Cl)n1O. The van der Waals surface area contributed by atoms with Crippen LogP contribution in [0.15, 0.2) is 4.79 Å². The van der Waals surface area contributed by atoms with E-state index in [0.717, 1.165) is 0 Å². The largest absolute Gasteiger partial charge is 0.424 e. The van der Waals surface area contributed by atoms with Crippen LogP contribution in [0.25, 0.3) is 0 Å². The normalized spacial score (nSPS) is 10.3. The first-order chi connectivity index (χ1) is 5.46. The van der Waals surface area contributed by atoms with Gasteiger partial charge in [-0.1, -0.05) is 46.4 Å². The van der Waals surface area contributed by atoms with Gasteiger partial charge in [-0.15, -0.1) is 4.73 Å². The average Bonchev–Trinajstić information content (AvgIpc) is 2.08. The Morgan fingerprint density at radius 3 is 2.00 bits per heavy atom. The van der Waals surface area contributed by atoms with Crippen molar-refractivity contribution >= 4 is 46.4 Å². The summed E-state index contributed by atoms with van der Waals surface area (Å²) >= 11 is 21.8. The molecule has 0 aliphatic rings. The van der Waals surface area contributed by atoms with Crippen molar-refractivity contribution in [3.05, 3.63) is 30.6 Å². The Morgan fingerprint density at radius 1 is 1.00 bits per heavy atom. The van der Waals surface area contributed by atoms with E-state index in [-0.39, 0.29) is 25.0 Å². The topological polar surface area (TPSA) is 42.2 Å². The fourth-order valence-corrected chi connectivity index (χ4v) is 1.34. The number of hydrogen-bond donors (Lipinski definition) is 1. The van der Waals surface area contributed by atoms with Crippen molar-refractivity contribution in [2.45, 2.75) is 0 Å². The Hall–Kier alpha value is -0.0900. The van der Waals surface area contributed by atoms with E-state index in [1.54, 1.807) is 0 Å². The van der Waals surface area contributed by atoms with E-state index in [0.29, 0.717) is 0 Å². The molecule has 1 aromatic heterocycles. The molecule has 3 nitrogen and oxygen atoms in total. The first kappa shape index (κ1) is 9.99. The van der Waals surface area contributed by atoms with Gasteiger partial charge < -0.3 is 5.21 Å². The first-order valence-electron chi connectivity index (χ1n) is 2.61. The fourth-order valence-electron chi connectivity index (χ4n) is 0.556. The molecule has 1 N–H and O–H groups in total. The van der Waals surface area contributed by atoms with Crippen molar-refractivity contribution in [1.29, 1.82) is 0 Å². The molecule has 1 aromatic rings. The highest BCUT2D eigenvalue weighted by Gasteiger charge is 2.16. The zero-order valence-corrected chi connectivity index (χ0v) is 8.34. The molecule has 66 valence electrons. The van der Waals surface area contributed by atoms with Crippen molar-refractivity contribution in [2.75, 3.05) is 0 Å². The van der Waals surface area contributed by atoms with E-state index in [9.17, 15) is 4.79 Å². The number of pyridine rings is 1. The fraction of sp³-hybridized carbons (Fsp3) is 0. The minimum Gasteiger partial charge on any atom is -0.424 e. The zero-order chi connectivity index (χ0) is 9.46. The quantitative estimate of drug-likeness (QED) is 0.567. The lowest BCUT2D eigenvalue weighted by Gasteiger charge is -2.04. The number of hydrogen-bond acceptors (Lipinski definition) is 2. The van der Waals surface area contributed by atoms with Crippen LogP contribution in [0.3, 0.4) is 0 Å². The summed E-state index contributed by atoms with van der Waals surface area (Å²) in [4.78, 5) is 10.9. The molecule has 1 rings (SSSR count). The molecule has 0 fully saturated rings. The maximum atomic E-state index is 10.9. The Balaban J connectivity index is 3.73. The third kappa shape index (κ3) is 1.38. The summed E-state index contributed by atoms with van der Waals surface area (Å²) in [5.74, 6) is 0. The van der Waals surface area contributed by atoms with Gasteiger partial charge in [0, 0.05) is 0 Å². The summed E-state index contributed by atoms with van der Waals surface area (Å²) in [6, 6.07) is 0. The Labute approximate surface area is 87.0 Å². The molecule has 0 spiro atoms. The highest BCUT2D eigenvalue weighted by molar-refractivity contribution is 6.51. The molecule has 0 aliphatic heterocycles. The molecule has 0 atom stereocenters. The minimum atomic E-state index is -0.906. The van der Waals surface area contributed by atoms with Crippen LogP contribution in [0, 0.1) is 0 Å². The average molecular weight is 249 g/mol. The van der Waals surface area contributed by atoms with Crippen molar-refractivity contribution in [1.82, 2.24) is 4.73 Å². The van der Waals surface area contributed by atoms with Gasteiger partial charge >= 0.3 is 5.56 Å². The highest BCUT2D eigenvalue weighted by Crippen LogP contribution is 2.32. The lowest BCUT2D eigenvalue weighted by atomic mass is 10.5. The van der Waals surface area contributed by atoms with Crippen LogP contribution >= 0.6 is 46.4 Å². The predicted octanol–water partition coefficient (Wildman–Crippen LogP) is 2.70. The van der Waals surface area contributed by atoms with E-state index < -0.39 is 5.56 Å². The number of nitrogens with zero attached hydrogens (tertiary/aromatic N) is 1. The zero-order valence-electron chi connectivity index (χ0n) is 5.31. The molecular weight excluding hydrogens is 248 g/mol. The minimum absolute atomic E-state index is 0.123. The van der Waals surface area contributed by atoms with Crippen LogP contribution in [0.4, 0.5) is 0 Å². The molecular formula is C5HCl4NO2. The van der Waals surface area contributed by atoms with Crippen molar-refractivity contribution in [3.8, 4) is 0 Å². The molecule has 0 unspecified atom stereocenters. The molecule has 0 saturated carbocycles. The standard InChI is InChI=1S/C5HCl4NO2/c6-1-2(7)4(9)10(12)5(11)3(1)8/h12H. The van der Waals surface area contributed by atoms with E-state index in [4.69, 9.17) is 51.6 Å². The van der Waals surface area contributed by atoms with Crippen molar-refractivity contribution in [2.24, 2.45) is 0 Å². The van der Waals surface area contributed by atoms with Gasteiger partial charge in [0.25, 0.3) is 0 Å². The van der Waals surface area contributed by atoms with Crippen LogP contribution < -0.4 is 5.56 Å². The second-order valence-corrected chi connectivity index (χ2v) is 3.34. The summed E-state index contributed by atoms with van der Waals surface area (Å²) in [6.45, 7) is 0. The van der Waals surface area contributed by atoms with E-state index >= 15 is 0 Å². The van der Waals surface area contributed by atoms with E-state index in [1.807, 2.05) is 0 Å². The smallest absolute Gasteiger partial charge is 0.304 e. The lowest BCUT2D eigenvalue weighted by Crippen LogP contribution is -2.19. The summed E-state index contributed by atoms with van der Waals surface area (Å²) in [7, 11) is 0. The second-order valence-electron chi connectivity index (χ2n) is 1.85. The summed E-state index contributed by atoms with van der Waals surface area (Å²) in [5.41, 5.74) is -0.906. The van der Waals surface area contributed by atoms with Gasteiger partial charge in [0.15, 0.2) is 5.15 Å². The van der Waals surface area contributed by atoms with Gasteiger partial charge in [0.05, 0.1) is 10.0 Å². The van der Waals surface area contributed by atoms with Crippen LogP contribution in [-0.2, 0) is 0 Å². The molecule has 0 amide bonds. The monoisotopic (exact) mass is 247 g/mol.